The highest BCUT2D eigenvalue weighted by Gasteiger charge is 2.28. The van der Waals surface area contributed by atoms with Gasteiger partial charge in [0, 0.05) is 12.1 Å². The minimum atomic E-state index is -0.454. The Hall–Kier alpha value is -1.23. The second kappa shape index (κ2) is 4.10. The molecule has 78 valence electrons. The van der Waals surface area contributed by atoms with Gasteiger partial charge in [0.25, 0.3) is 0 Å². The summed E-state index contributed by atoms with van der Waals surface area (Å²) in [4.78, 5) is 26.1. The van der Waals surface area contributed by atoms with Gasteiger partial charge in [-0.2, -0.15) is 0 Å². The molecule has 1 saturated heterocycles. The molecule has 0 spiro atoms. The van der Waals surface area contributed by atoms with E-state index in [1.165, 1.54) is 0 Å². The van der Waals surface area contributed by atoms with E-state index in [1.54, 1.807) is 12.3 Å². The molecule has 5 heteroatoms. The van der Waals surface area contributed by atoms with Crippen molar-refractivity contribution in [2.24, 2.45) is 0 Å². The molecule has 0 unspecified atom stereocenters. The van der Waals surface area contributed by atoms with Gasteiger partial charge in [-0.1, -0.05) is 0 Å². The Morgan fingerprint density at radius 3 is 2.60 bits per heavy atom. The molecule has 2 rings (SSSR count). The summed E-state index contributed by atoms with van der Waals surface area (Å²) in [6, 6.07) is 3.62. The second-order valence-electron chi connectivity index (χ2n) is 3.36. The zero-order valence-corrected chi connectivity index (χ0v) is 9.36. The molecule has 1 aliphatic heterocycles. The van der Waals surface area contributed by atoms with Crippen LogP contribution in [0.25, 0.3) is 0 Å². The first-order valence-corrected chi connectivity index (χ1v) is 5.29. The van der Waals surface area contributed by atoms with Crippen LogP contribution in [0, 0.1) is 0 Å². The number of hydrogen-bond acceptors (Lipinski definition) is 4. The summed E-state index contributed by atoms with van der Waals surface area (Å²) in [5, 5.41) is 0. The molecule has 0 bridgehead atoms. The second-order valence-corrected chi connectivity index (χ2v) is 4.18. The maximum atomic E-state index is 11.1. The summed E-state index contributed by atoms with van der Waals surface area (Å²) in [6.07, 6.45) is 2.15. The van der Waals surface area contributed by atoms with Gasteiger partial charge in [0.15, 0.2) is 0 Å². The fourth-order valence-electron chi connectivity index (χ4n) is 1.59. The van der Waals surface area contributed by atoms with Crippen LogP contribution >= 0.6 is 15.9 Å². The van der Waals surface area contributed by atoms with Gasteiger partial charge in [-0.25, -0.2) is 4.98 Å². The quantitative estimate of drug-likeness (QED) is 0.443. The largest absolute Gasteiger partial charge is 0.393 e. The van der Waals surface area contributed by atoms with Crippen molar-refractivity contribution in [3.8, 4) is 0 Å². The smallest absolute Gasteiger partial charge is 0.314 e. The zero-order chi connectivity index (χ0) is 10.8. The van der Waals surface area contributed by atoms with Crippen LogP contribution in [-0.2, 0) is 14.3 Å². The van der Waals surface area contributed by atoms with Crippen LogP contribution in [-0.4, -0.2) is 16.9 Å². The number of esters is 2. The van der Waals surface area contributed by atoms with E-state index in [2.05, 4.69) is 25.7 Å². The van der Waals surface area contributed by atoms with Gasteiger partial charge in [0.1, 0.15) is 4.60 Å². The lowest BCUT2D eigenvalue weighted by molar-refractivity contribution is -0.163. The number of pyridine rings is 1. The number of rotatable bonds is 1. The predicted octanol–water partition coefficient (Wildman–Crippen LogP) is 1.79. The third-order valence-electron chi connectivity index (χ3n) is 2.28. The van der Waals surface area contributed by atoms with Gasteiger partial charge in [0.2, 0.25) is 0 Å². The summed E-state index contributed by atoms with van der Waals surface area (Å²) < 4.78 is 5.16. The molecule has 0 atom stereocenters. The Labute approximate surface area is 94.8 Å². The van der Waals surface area contributed by atoms with Crippen molar-refractivity contribution >= 4 is 27.9 Å². The maximum absolute atomic E-state index is 11.1. The lowest BCUT2D eigenvalue weighted by atomic mass is 9.92. The maximum Gasteiger partial charge on any atom is 0.314 e. The van der Waals surface area contributed by atoms with E-state index in [0.29, 0.717) is 4.60 Å². The minimum Gasteiger partial charge on any atom is -0.393 e. The summed E-state index contributed by atoms with van der Waals surface area (Å²) in [5.74, 6) is -0.994. The standard InChI is InChI=1S/C10H8BrNO3/c11-8-3-6(1-2-12-8)7-4-9(13)15-10(14)5-7/h1-3,7H,4-5H2. The van der Waals surface area contributed by atoms with Crippen molar-refractivity contribution in [2.75, 3.05) is 0 Å². The van der Waals surface area contributed by atoms with E-state index in [4.69, 9.17) is 0 Å². The Morgan fingerprint density at radius 1 is 1.33 bits per heavy atom. The van der Waals surface area contributed by atoms with Gasteiger partial charge in [-0.15, -0.1) is 0 Å². The van der Waals surface area contributed by atoms with Crippen LogP contribution in [0.3, 0.4) is 0 Å². The normalized spacial score (nSPS) is 17.7. The Balaban J connectivity index is 2.23. The molecule has 15 heavy (non-hydrogen) atoms. The lowest BCUT2D eigenvalue weighted by Crippen LogP contribution is -2.24. The molecular formula is C10H8BrNO3. The molecule has 4 nitrogen and oxygen atoms in total. The number of carbonyl (C=O) groups is 2. The first-order valence-electron chi connectivity index (χ1n) is 4.50. The molecule has 2 heterocycles. The van der Waals surface area contributed by atoms with E-state index in [1.807, 2.05) is 6.07 Å². The van der Waals surface area contributed by atoms with E-state index in [9.17, 15) is 9.59 Å². The molecule has 0 N–H and O–H groups in total. The number of cyclic esters (lactones) is 2. The van der Waals surface area contributed by atoms with Crippen molar-refractivity contribution in [3.63, 3.8) is 0 Å². The van der Waals surface area contributed by atoms with Gasteiger partial charge in [0.05, 0.1) is 12.8 Å². The monoisotopic (exact) mass is 269 g/mol. The molecule has 0 amide bonds. The summed E-state index contributed by atoms with van der Waals surface area (Å²) in [7, 11) is 0. The molecule has 0 saturated carbocycles. The molecular weight excluding hydrogens is 262 g/mol. The van der Waals surface area contributed by atoms with Crippen molar-refractivity contribution in [1.82, 2.24) is 4.98 Å². The molecule has 1 aliphatic rings. The van der Waals surface area contributed by atoms with Crippen molar-refractivity contribution < 1.29 is 14.3 Å². The Kier molecular flexibility index (Phi) is 2.81. The minimum absolute atomic E-state index is 0.0851. The van der Waals surface area contributed by atoms with E-state index < -0.39 is 11.9 Å². The first kappa shape index (κ1) is 10.3. The van der Waals surface area contributed by atoms with Crippen LogP contribution in [0.5, 0.6) is 0 Å². The van der Waals surface area contributed by atoms with E-state index >= 15 is 0 Å². The third kappa shape index (κ3) is 2.41. The zero-order valence-electron chi connectivity index (χ0n) is 7.77. The SMILES string of the molecule is O=C1CC(c2ccnc(Br)c2)CC(=O)O1. The highest BCUT2D eigenvalue weighted by atomic mass is 79.9. The lowest BCUT2D eigenvalue weighted by Gasteiger charge is -2.19. The van der Waals surface area contributed by atoms with Gasteiger partial charge in [-0.05, 0) is 33.6 Å². The number of carbonyl (C=O) groups excluding carboxylic acids is 2. The van der Waals surface area contributed by atoms with Gasteiger partial charge >= 0.3 is 11.9 Å². The summed E-state index contributed by atoms with van der Waals surface area (Å²) in [6.45, 7) is 0. The van der Waals surface area contributed by atoms with Crippen LogP contribution in [0.15, 0.2) is 22.9 Å². The Morgan fingerprint density at radius 2 is 2.00 bits per heavy atom. The fourth-order valence-corrected chi connectivity index (χ4v) is 1.97. The van der Waals surface area contributed by atoms with Crippen molar-refractivity contribution in [2.45, 2.75) is 18.8 Å². The van der Waals surface area contributed by atoms with Crippen LogP contribution < -0.4 is 0 Å². The average Bonchev–Trinajstić information content (AvgIpc) is 2.16. The summed E-state index contributed by atoms with van der Waals surface area (Å²) in [5.41, 5.74) is 0.932. The topological polar surface area (TPSA) is 56.3 Å². The van der Waals surface area contributed by atoms with Gasteiger partial charge in [-0.3, -0.25) is 9.59 Å². The fraction of sp³-hybridized carbons (Fsp3) is 0.300. The number of nitrogens with zero attached hydrogens (tertiary/aromatic N) is 1. The van der Waals surface area contributed by atoms with Crippen molar-refractivity contribution in [1.29, 1.82) is 0 Å². The highest BCUT2D eigenvalue weighted by Crippen LogP contribution is 2.28. The molecule has 0 radical (unpaired) electrons. The van der Waals surface area contributed by atoms with E-state index in [-0.39, 0.29) is 18.8 Å². The van der Waals surface area contributed by atoms with Gasteiger partial charge < -0.3 is 4.74 Å². The van der Waals surface area contributed by atoms with Crippen LogP contribution in [0.4, 0.5) is 0 Å². The number of ether oxygens (including phenoxy) is 1. The summed E-state index contributed by atoms with van der Waals surface area (Å²) >= 11 is 3.25. The number of aromatic nitrogens is 1. The van der Waals surface area contributed by atoms with Crippen LogP contribution in [0.1, 0.15) is 24.3 Å². The molecule has 0 aromatic carbocycles. The Bertz CT molecular complexity index is 403. The first-order chi connectivity index (χ1) is 7.15. The molecule has 1 fully saturated rings. The molecule has 1 aromatic rings. The molecule has 1 aromatic heterocycles. The van der Waals surface area contributed by atoms with E-state index in [0.717, 1.165) is 5.56 Å². The predicted molar refractivity (Wildman–Crippen MR) is 55.0 cm³/mol. The number of hydrogen-bond donors (Lipinski definition) is 0. The number of halogens is 1. The average molecular weight is 270 g/mol. The molecule has 0 aliphatic carbocycles. The third-order valence-corrected chi connectivity index (χ3v) is 2.71. The van der Waals surface area contributed by atoms with Crippen LogP contribution in [0.2, 0.25) is 0 Å². The van der Waals surface area contributed by atoms with Crippen molar-refractivity contribution in [3.05, 3.63) is 28.5 Å². The highest BCUT2D eigenvalue weighted by molar-refractivity contribution is 9.10.